The summed E-state index contributed by atoms with van der Waals surface area (Å²) in [4.78, 5) is 15.4. The van der Waals surface area contributed by atoms with Crippen molar-refractivity contribution in [1.82, 2.24) is 0 Å². The van der Waals surface area contributed by atoms with E-state index in [9.17, 15) is 4.79 Å². The van der Waals surface area contributed by atoms with E-state index in [4.69, 9.17) is 0 Å². The summed E-state index contributed by atoms with van der Waals surface area (Å²) < 4.78 is 0. The molecule has 1 rings (SSSR count). The second kappa shape index (κ2) is 4.54. The van der Waals surface area contributed by atoms with E-state index in [0.29, 0.717) is 6.42 Å². The average Bonchev–Trinajstić information content (AvgIpc) is 2.52. The fourth-order valence-corrected chi connectivity index (χ4v) is 1.77. The van der Waals surface area contributed by atoms with Crippen LogP contribution in [0.1, 0.15) is 26.2 Å². The molecule has 0 unspecified atom stereocenters. The summed E-state index contributed by atoms with van der Waals surface area (Å²) in [7, 11) is 0. The lowest BCUT2D eigenvalue weighted by Crippen LogP contribution is -2.07. The maximum absolute atomic E-state index is 11.3. The minimum atomic E-state index is 0.245. The van der Waals surface area contributed by atoms with E-state index < -0.39 is 0 Å². The third-order valence-electron chi connectivity index (χ3n) is 1.58. The van der Waals surface area contributed by atoms with Crippen molar-refractivity contribution < 1.29 is 4.79 Å². The maximum atomic E-state index is 11.3. The predicted molar refractivity (Wildman–Crippen MR) is 49.3 cm³/mol. The Morgan fingerprint density at radius 3 is 3.09 bits per heavy atom. The Kier molecular flexibility index (Phi) is 3.63. The number of nitrogens with zero attached hydrogens (tertiary/aromatic N) is 1. The molecule has 0 bridgehead atoms. The molecule has 0 amide bonds. The normalized spacial score (nSPS) is 16.6. The lowest BCUT2D eigenvalue weighted by molar-refractivity contribution is -0.112. The third kappa shape index (κ3) is 2.66. The van der Waals surface area contributed by atoms with Crippen LogP contribution in [0.15, 0.2) is 4.99 Å². The van der Waals surface area contributed by atoms with Crippen LogP contribution in [0.5, 0.6) is 0 Å². The lowest BCUT2D eigenvalue weighted by Gasteiger charge is -1.96. The zero-order valence-electron chi connectivity index (χ0n) is 6.80. The molecule has 62 valence electrons. The summed E-state index contributed by atoms with van der Waals surface area (Å²) in [6.07, 6.45) is 2.77. The van der Waals surface area contributed by atoms with E-state index in [1.54, 1.807) is 11.8 Å². The van der Waals surface area contributed by atoms with Gasteiger partial charge >= 0.3 is 0 Å². The van der Waals surface area contributed by atoms with Gasteiger partial charge in [-0.25, -0.2) is 0 Å². The van der Waals surface area contributed by atoms with Crippen LogP contribution in [0.25, 0.3) is 0 Å². The van der Waals surface area contributed by atoms with E-state index in [1.165, 1.54) is 0 Å². The Balaban J connectivity index is 2.29. The summed E-state index contributed by atoms with van der Waals surface area (Å²) in [6, 6.07) is 0. The molecular weight excluding hydrogens is 158 g/mol. The first-order chi connectivity index (χ1) is 5.34. The molecule has 0 fully saturated rings. The smallest absolute Gasteiger partial charge is 0.187 e. The van der Waals surface area contributed by atoms with Gasteiger partial charge in [0.2, 0.25) is 0 Å². The molecule has 0 saturated heterocycles. The Morgan fingerprint density at radius 2 is 2.55 bits per heavy atom. The number of ketones is 1. The van der Waals surface area contributed by atoms with Crippen LogP contribution in [-0.4, -0.2) is 23.1 Å². The molecule has 0 atom stereocenters. The van der Waals surface area contributed by atoms with Gasteiger partial charge < -0.3 is 0 Å². The molecule has 0 aliphatic carbocycles. The standard InChI is InChI=1S/C8H13NOS/c1-2-3-4-7(10)8-9-5-6-11-8/h2-6H2,1H3. The molecule has 0 aromatic rings. The van der Waals surface area contributed by atoms with Crippen molar-refractivity contribution in [1.29, 1.82) is 0 Å². The predicted octanol–water partition coefficient (Wildman–Crippen LogP) is 1.89. The van der Waals surface area contributed by atoms with Crippen molar-refractivity contribution in [3.05, 3.63) is 0 Å². The van der Waals surface area contributed by atoms with Crippen LogP contribution < -0.4 is 0 Å². The topological polar surface area (TPSA) is 29.4 Å². The molecule has 0 aromatic carbocycles. The third-order valence-corrected chi connectivity index (χ3v) is 2.60. The molecule has 0 radical (unpaired) electrons. The Hall–Kier alpha value is -0.310. The molecule has 2 nitrogen and oxygen atoms in total. The van der Waals surface area contributed by atoms with Crippen LogP contribution >= 0.6 is 11.8 Å². The van der Waals surface area contributed by atoms with Gasteiger partial charge in [0.25, 0.3) is 0 Å². The first kappa shape index (κ1) is 8.78. The highest BCUT2D eigenvalue weighted by atomic mass is 32.2. The first-order valence-electron chi connectivity index (χ1n) is 4.05. The zero-order chi connectivity index (χ0) is 8.10. The minimum Gasteiger partial charge on any atom is -0.292 e. The summed E-state index contributed by atoms with van der Waals surface area (Å²) in [5, 5.41) is 0.762. The highest BCUT2D eigenvalue weighted by molar-refractivity contribution is 8.16. The minimum absolute atomic E-state index is 0.245. The van der Waals surface area contributed by atoms with Crippen LogP contribution in [0, 0.1) is 0 Å². The molecule has 11 heavy (non-hydrogen) atoms. The van der Waals surface area contributed by atoms with Crippen molar-refractivity contribution in [3.63, 3.8) is 0 Å². The molecule has 3 heteroatoms. The van der Waals surface area contributed by atoms with E-state index in [-0.39, 0.29) is 5.78 Å². The Morgan fingerprint density at radius 1 is 1.73 bits per heavy atom. The molecule has 0 aromatic heterocycles. The van der Waals surface area contributed by atoms with Crippen molar-refractivity contribution in [2.75, 3.05) is 12.3 Å². The number of hydrogen-bond donors (Lipinski definition) is 0. The summed E-state index contributed by atoms with van der Waals surface area (Å²) in [6.45, 7) is 2.93. The number of hydrogen-bond acceptors (Lipinski definition) is 3. The van der Waals surface area contributed by atoms with Gasteiger partial charge in [-0.05, 0) is 6.42 Å². The van der Waals surface area contributed by atoms with Crippen LogP contribution in [0.4, 0.5) is 0 Å². The molecule has 0 N–H and O–H groups in total. The number of carbonyl (C=O) groups excluding carboxylic acids is 1. The largest absolute Gasteiger partial charge is 0.292 e. The average molecular weight is 171 g/mol. The molecule has 1 aliphatic rings. The van der Waals surface area contributed by atoms with Gasteiger partial charge in [-0.2, -0.15) is 0 Å². The highest BCUT2D eigenvalue weighted by Gasteiger charge is 2.14. The molecular formula is C8H13NOS. The fraction of sp³-hybridized carbons (Fsp3) is 0.750. The monoisotopic (exact) mass is 171 g/mol. The number of unbranched alkanes of at least 4 members (excludes halogenated alkanes) is 1. The lowest BCUT2D eigenvalue weighted by atomic mass is 10.2. The number of rotatable bonds is 4. The van der Waals surface area contributed by atoms with Gasteiger partial charge in [0.15, 0.2) is 5.78 Å². The fourth-order valence-electron chi connectivity index (χ4n) is 0.948. The molecule has 0 spiro atoms. The summed E-state index contributed by atoms with van der Waals surface area (Å²) in [5.74, 6) is 1.24. The Labute approximate surface area is 71.5 Å². The molecule has 1 aliphatic heterocycles. The van der Waals surface area contributed by atoms with E-state index >= 15 is 0 Å². The van der Waals surface area contributed by atoms with Crippen molar-refractivity contribution >= 4 is 22.6 Å². The molecule has 1 heterocycles. The quantitative estimate of drug-likeness (QED) is 0.646. The van der Waals surface area contributed by atoms with Gasteiger partial charge in [-0.15, -0.1) is 11.8 Å². The number of thioether (sulfide) groups is 1. The summed E-state index contributed by atoms with van der Waals surface area (Å²) >= 11 is 1.60. The van der Waals surface area contributed by atoms with Crippen molar-refractivity contribution in [2.24, 2.45) is 4.99 Å². The van der Waals surface area contributed by atoms with E-state index in [0.717, 1.165) is 30.2 Å². The second-order valence-corrected chi connectivity index (χ2v) is 3.65. The van der Waals surface area contributed by atoms with Gasteiger partial charge in [0.05, 0.1) is 0 Å². The van der Waals surface area contributed by atoms with E-state index in [1.807, 2.05) is 0 Å². The van der Waals surface area contributed by atoms with Crippen molar-refractivity contribution in [2.45, 2.75) is 26.2 Å². The molecule has 0 saturated carbocycles. The van der Waals surface area contributed by atoms with Crippen LogP contribution in [0.2, 0.25) is 0 Å². The van der Waals surface area contributed by atoms with Gasteiger partial charge in [0.1, 0.15) is 5.04 Å². The first-order valence-corrected chi connectivity index (χ1v) is 5.03. The van der Waals surface area contributed by atoms with Crippen LogP contribution in [-0.2, 0) is 4.79 Å². The van der Waals surface area contributed by atoms with E-state index in [2.05, 4.69) is 11.9 Å². The van der Waals surface area contributed by atoms with Gasteiger partial charge in [-0.1, -0.05) is 13.3 Å². The number of aliphatic imine (C=N–C) groups is 1. The van der Waals surface area contributed by atoms with Crippen molar-refractivity contribution in [3.8, 4) is 0 Å². The maximum Gasteiger partial charge on any atom is 0.187 e. The highest BCUT2D eigenvalue weighted by Crippen LogP contribution is 2.14. The van der Waals surface area contributed by atoms with Gasteiger partial charge in [-0.3, -0.25) is 9.79 Å². The van der Waals surface area contributed by atoms with Crippen LogP contribution in [0.3, 0.4) is 0 Å². The Bertz CT molecular complexity index is 177. The SMILES string of the molecule is CCCCC(=O)C1=NCCS1. The number of Topliss-reactive ketones (excluding diaryl/α,β-unsaturated/α-hetero) is 1. The number of carbonyl (C=O) groups is 1. The van der Waals surface area contributed by atoms with Gasteiger partial charge in [0, 0.05) is 18.7 Å². The zero-order valence-corrected chi connectivity index (χ0v) is 7.62. The summed E-state index contributed by atoms with van der Waals surface area (Å²) in [5.41, 5.74) is 0. The second-order valence-electron chi connectivity index (χ2n) is 2.56.